The minimum atomic E-state index is -0.596. The predicted octanol–water partition coefficient (Wildman–Crippen LogP) is 2.24. The third-order valence-electron chi connectivity index (χ3n) is 3.58. The van der Waals surface area contributed by atoms with Gasteiger partial charge in [-0.1, -0.05) is 0 Å². The molecule has 1 unspecified atom stereocenters. The van der Waals surface area contributed by atoms with Gasteiger partial charge in [0.05, 0.1) is 6.61 Å². The fraction of sp³-hybridized carbons (Fsp3) is 1.00. The van der Waals surface area contributed by atoms with Gasteiger partial charge < -0.3 is 4.74 Å². The van der Waals surface area contributed by atoms with Crippen molar-refractivity contribution in [2.75, 3.05) is 32.8 Å². The first kappa shape index (κ1) is 11.3. The molecule has 0 spiro atoms. The number of likely N-dealkylation sites (tertiary alicyclic amines) is 1. The number of nitrogens with zero attached hydrogens (tertiary/aromatic N) is 1. The Balaban J connectivity index is 1.75. The molecule has 2 nitrogen and oxygen atoms in total. The van der Waals surface area contributed by atoms with Crippen molar-refractivity contribution in [3.63, 3.8) is 0 Å². The summed E-state index contributed by atoms with van der Waals surface area (Å²) in [6, 6.07) is 0. The van der Waals surface area contributed by atoms with Crippen LogP contribution >= 0.6 is 0 Å². The third-order valence-corrected chi connectivity index (χ3v) is 3.58. The van der Waals surface area contributed by atoms with Crippen LogP contribution in [-0.4, -0.2) is 43.9 Å². The van der Waals surface area contributed by atoms with Gasteiger partial charge in [-0.05, 0) is 39.2 Å². The maximum absolute atomic E-state index is 13.2. The van der Waals surface area contributed by atoms with E-state index in [0.29, 0.717) is 12.0 Å². The number of piperidine rings is 1. The molecule has 0 N–H and O–H groups in total. The quantitative estimate of drug-likeness (QED) is 0.697. The number of rotatable bonds is 5. The summed E-state index contributed by atoms with van der Waals surface area (Å²) in [5, 5.41) is 0. The van der Waals surface area contributed by atoms with E-state index in [4.69, 9.17) is 4.74 Å². The predicted molar refractivity (Wildman–Crippen MR) is 58.7 cm³/mol. The van der Waals surface area contributed by atoms with Crippen molar-refractivity contribution < 1.29 is 9.13 Å². The fourth-order valence-corrected chi connectivity index (χ4v) is 2.46. The molecule has 3 heteroatoms. The Kier molecular flexibility index (Phi) is 3.62. The summed E-state index contributed by atoms with van der Waals surface area (Å²) in [7, 11) is 0. The molecule has 88 valence electrons. The van der Waals surface area contributed by atoms with E-state index in [2.05, 4.69) is 4.90 Å². The van der Waals surface area contributed by atoms with Crippen LogP contribution in [0, 0.1) is 5.41 Å². The lowest BCUT2D eigenvalue weighted by molar-refractivity contribution is 0.0596. The van der Waals surface area contributed by atoms with Crippen molar-refractivity contribution in [1.29, 1.82) is 0 Å². The summed E-state index contributed by atoms with van der Waals surface area (Å²) in [5.41, 5.74) is 0.382. The molecular weight excluding hydrogens is 193 g/mol. The van der Waals surface area contributed by atoms with E-state index in [0.717, 1.165) is 39.1 Å². The smallest absolute Gasteiger partial charge is 0.113 e. The Labute approximate surface area is 91.8 Å². The number of ether oxygens (including phenoxy) is 1. The van der Waals surface area contributed by atoms with Crippen LogP contribution in [0.3, 0.4) is 0 Å². The topological polar surface area (TPSA) is 12.5 Å². The SMILES string of the molecule is CCOCC1(CN2CCCC(F)C2)CC1. The molecule has 0 aromatic carbocycles. The Morgan fingerprint density at radius 1 is 1.47 bits per heavy atom. The molecule has 1 aliphatic heterocycles. The van der Waals surface area contributed by atoms with Crippen LogP contribution in [0.1, 0.15) is 32.6 Å². The Morgan fingerprint density at radius 3 is 2.87 bits per heavy atom. The first-order chi connectivity index (χ1) is 7.24. The zero-order chi connectivity index (χ0) is 10.7. The van der Waals surface area contributed by atoms with Gasteiger partial charge in [0.15, 0.2) is 0 Å². The second-order valence-corrected chi connectivity index (χ2v) is 5.11. The lowest BCUT2D eigenvalue weighted by Crippen LogP contribution is -2.41. The van der Waals surface area contributed by atoms with Crippen LogP contribution in [0.4, 0.5) is 4.39 Å². The van der Waals surface area contributed by atoms with Gasteiger partial charge in [0, 0.05) is 25.1 Å². The minimum Gasteiger partial charge on any atom is -0.381 e. The van der Waals surface area contributed by atoms with Crippen molar-refractivity contribution in [1.82, 2.24) is 4.90 Å². The van der Waals surface area contributed by atoms with Crippen LogP contribution in [0.15, 0.2) is 0 Å². The fourth-order valence-electron chi connectivity index (χ4n) is 2.46. The van der Waals surface area contributed by atoms with E-state index < -0.39 is 6.17 Å². The number of halogens is 1. The molecule has 0 aromatic rings. The largest absolute Gasteiger partial charge is 0.381 e. The average Bonchev–Trinajstić information content (AvgIpc) is 2.96. The molecule has 2 rings (SSSR count). The van der Waals surface area contributed by atoms with E-state index in [1.165, 1.54) is 12.8 Å². The first-order valence-electron chi connectivity index (χ1n) is 6.18. The molecule has 2 aliphatic rings. The van der Waals surface area contributed by atoms with E-state index in [-0.39, 0.29) is 0 Å². The van der Waals surface area contributed by atoms with Crippen molar-refractivity contribution >= 4 is 0 Å². The zero-order valence-corrected chi connectivity index (χ0v) is 9.67. The zero-order valence-electron chi connectivity index (χ0n) is 9.67. The van der Waals surface area contributed by atoms with E-state index in [1.807, 2.05) is 6.92 Å². The van der Waals surface area contributed by atoms with Gasteiger partial charge in [-0.3, -0.25) is 4.90 Å². The lowest BCUT2D eigenvalue weighted by Gasteiger charge is -2.32. The number of hydrogen-bond donors (Lipinski definition) is 0. The van der Waals surface area contributed by atoms with Gasteiger partial charge in [-0.25, -0.2) is 4.39 Å². The van der Waals surface area contributed by atoms with Crippen molar-refractivity contribution in [2.45, 2.75) is 38.8 Å². The molecule has 1 saturated carbocycles. The van der Waals surface area contributed by atoms with Gasteiger partial charge in [0.2, 0.25) is 0 Å². The van der Waals surface area contributed by atoms with Crippen molar-refractivity contribution in [3.8, 4) is 0 Å². The number of alkyl halides is 1. The Bertz CT molecular complexity index is 206. The summed E-state index contributed by atoms with van der Waals surface area (Å²) >= 11 is 0. The molecule has 0 aromatic heterocycles. The highest BCUT2D eigenvalue weighted by molar-refractivity contribution is 4.96. The summed E-state index contributed by atoms with van der Waals surface area (Å²) in [6.07, 6.45) is 3.71. The first-order valence-corrected chi connectivity index (χ1v) is 6.18. The van der Waals surface area contributed by atoms with Gasteiger partial charge in [-0.15, -0.1) is 0 Å². The van der Waals surface area contributed by atoms with Gasteiger partial charge >= 0.3 is 0 Å². The molecule has 0 bridgehead atoms. The summed E-state index contributed by atoms with van der Waals surface area (Å²) in [5.74, 6) is 0. The highest BCUT2D eigenvalue weighted by Gasteiger charge is 2.44. The lowest BCUT2D eigenvalue weighted by atomic mass is 10.0. The molecular formula is C12H22FNO. The van der Waals surface area contributed by atoms with Gasteiger partial charge in [0.1, 0.15) is 6.17 Å². The molecule has 0 amide bonds. The van der Waals surface area contributed by atoms with E-state index in [1.54, 1.807) is 0 Å². The number of hydrogen-bond acceptors (Lipinski definition) is 2. The summed E-state index contributed by atoms with van der Waals surface area (Å²) in [4.78, 5) is 2.29. The molecule has 0 radical (unpaired) electrons. The van der Waals surface area contributed by atoms with Gasteiger partial charge in [0.25, 0.3) is 0 Å². The van der Waals surface area contributed by atoms with Crippen LogP contribution < -0.4 is 0 Å². The van der Waals surface area contributed by atoms with Gasteiger partial charge in [-0.2, -0.15) is 0 Å². The molecule has 2 fully saturated rings. The molecule has 1 aliphatic carbocycles. The maximum Gasteiger partial charge on any atom is 0.113 e. The third kappa shape index (κ3) is 3.15. The van der Waals surface area contributed by atoms with Crippen molar-refractivity contribution in [3.05, 3.63) is 0 Å². The standard InChI is InChI=1S/C12H22FNO/c1-2-15-10-12(5-6-12)9-14-7-3-4-11(13)8-14/h11H,2-10H2,1H3. The molecule has 1 saturated heterocycles. The Hall–Kier alpha value is -0.150. The Morgan fingerprint density at radius 2 is 2.27 bits per heavy atom. The minimum absolute atomic E-state index is 0.382. The highest BCUT2D eigenvalue weighted by atomic mass is 19.1. The van der Waals surface area contributed by atoms with E-state index >= 15 is 0 Å². The maximum atomic E-state index is 13.2. The highest BCUT2D eigenvalue weighted by Crippen LogP contribution is 2.46. The molecule has 15 heavy (non-hydrogen) atoms. The summed E-state index contributed by atoms with van der Waals surface area (Å²) in [6.45, 7) is 6.48. The van der Waals surface area contributed by atoms with E-state index in [9.17, 15) is 4.39 Å². The molecule has 1 heterocycles. The van der Waals surface area contributed by atoms with Crippen LogP contribution in [0.25, 0.3) is 0 Å². The molecule has 1 atom stereocenters. The second-order valence-electron chi connectivity index (χ2n) is 5.11. The monoisotopic (exact) mass is 215 g/mol. The average molecular weight is 215 g/mol. The summed E-state index contributed by atoms with van der Waals surface area (Å²) < 4.78 is 18.7. The van der Waals surface area contributed by atoms with Crippen LogP contribution in [0.2, 0.25) is 0 Å². The van der Waals surface area contributed by atoms with Crippen LogP contribution in [0.5, 0.6) is 0 Å². The second kappa shape index (κ2) is 4.79. The normalized spacial score (nSPS) is 30.4. The van der Waals surface area contributed by atoms with Crippen LogP contribution in [-0.2, 0) is 4.74 Å². The van der Waals surface area contributed by atoms with Crippen molar-refractivity contribution in [2.24, 2.45) is 5.41 Å².